The monoisotopic (exact) mass is 115 g/mol. The number of nitrogens with zero attached hydrogens (tertiary/aromatic N) is 1. The highest BCUT2D eigenvalue weighted by Gasteiger charge is 1.96. The van der Waals surface area contributed by atoms with E-state index in [2.05, 4.69) is 9.40 Å². The Hall–Kier alpha value is -0.860. The molecular formula is C5H6FNO. The Morgan fingerprint density at radius 1 is 1.88 bits per heavy atom. The second-order valence-electron chi connectivity index (χ2n) is 1.42. The van der Waals surface area contributed by atoms with E-state index >= 15 is 0 Å². The lowest BCUT2D eigenvalue weighted by Crippen LogP contribution is -1.77. The summed E-state index contributed by atoms with van der Waals surface area (Å²) in [6.45, 7) is 1.85. The zero-order chi connectivity index (χ0) is 5.98. The van der Waals surface area contributed by atoms with Crippen molar-refractivity contribution in [1.82, 2.24) is 4.98 Å². The lowest BCUT2D eigenvalue weighted by molar-refractivity contribution is 0.495. The fourth-order valence-electron chi connectivity index (χ4n) is 0.451. The van der Waals surface area contributed by atoms with Gasteiger partial charge in [0.25, 0.3) is 5.95 Å². The molecule has 1 heterocycles. The predicted molar refractivity (Wildman–Crippen MR) is 25.8 cm³/mol. The molecule has 1 aromatic heterocycles. The first-order valence-corrected chi connectivity index (χ1v) is 2.43. The van der Waals surface area contributed by atoms with Crippen molar-refractivity contribution in [3.8, 4) is 0 Å². The number of rotatable bonds is 1. The molecule has 0 amide bonds. The molecule has 0 fully saturated rings. The molecule has 0 aliphatic carbocycles. The van der Waals surface area contributed by atoms with Crippen LogP contribution in [0.15, 0.2) is 10.7 Å². The summed E-state index contributed by atoms with van der Waals surface area (Å²) in [7, 11) is 0. The Kier molecular flexibility index (Phi) is 1.28. The summed E-state index contributed by atoms with van der Waals surface area (Å²) in [5, 5.41) is 0. The lowest BCUT2D eigenvalue weighted by Gasteiger charge is -1.77. The smallest absolute Gasteiger partial charge is 0.251 e. The standard InChI is InChI=1S/C5H6FNO/c1-2-5-7-4(6)3-8-5/h3H,2H2,1H3. The topological polar surface area (TPSA) is 26.0 Å². The molecule has 0 aliphatic heterocycles. The zero-order valence-electron chi connectivity index (χ0n) is 4.52. The number of oxazole rings is 1. The Morgan fingerprint density at radius 2 is 2.62 bits per heavy atom. The molecular weight excluding hydrogens is 109 g/mol. The van der Waals surface area contributed by atoms with Gasteiger partial charge in [0.05, 0.1) is 0 Å². The Balaban J connectivity index is 2.84. The van der Waals surface area contributed by atoms with E-state index in [4.69, 9.17) is 0 Å². The van der Waals surface area contributed by atoms with Crippen LogP contribution in [-0.4, -0.2) is 4.98 Å². The normalized spacial score (nSPS) is 9.75. The van der Waals surface area contributed by atoms with Crippen LogP contribution in [0.3, 0.4) is 0 Å². The first-order chi connectivity index (χ1) is 3.83. The number of hydrogen-bond donors (Lipinski definition) is 0. The van der Waals surface area contributed by atoms with E-state index in [-0.39, 0.29) is 0 Å². The van der Waals surface area contributed by atoms with Gasteiger partial charge in [-0.15, -0.1) is 0 Å². The number of hydrogen-bond acceptors (Lipinski definition) is 2. The molecule has 0 unspecified atom stereocenters. The third kappa shape index (κ3) is 0.857. The Morgan fingerprint density at radius 3 is 2.88 bits per heavy atom. The van der Waals surface area contributed by atoms with E-state index in [0.29, 0.717) is 12.3 Å². The van der Waals surface area contributed by atoms with Gasteiger partial charge in [-0.25, -0.2) is 0 Å². The van der Waals surface area contributed by atoms with E-state index < -0.39 is 5.95 Å². The van der Waals surface area contributed by atoms with E-state index in [1.165, 1.54) is 0 Å². The summed E-state index contributed by atoms with van der Waals surface area (Å²) >= 11 is 0. The van der Waals surface area contributed by atoms with Crippen LogP contribution in [0.2, 0.25) is 0 Å². The van der Waals surface area contributed by atoms with Gasteiger partial charge in [-0.2, -0.15) is 9.37 Å². The van der Waals surface area contributed by atoms with Gasteiger partial charge in [0, 0.05) is 6.42 Å². The summed E-state index contributed by atoms with van der Waals surface area (Å²) in [6.07, 6.45) is 1.64. The first-order valence-electron chi connectivity index (χ1n) is 2.43. The van der Waals surface area contributed by atoms with Crippen LogP contribution in [0, 0.1) is 5.95 Å². The number of aromatic nitrogens is 1. The van der Waals surface area contributed by atoms with Crippen molar-refractivity contribution < 1.29 is 8.81 Å². The molecule has 1 aromatic rings. The summed E-state index contributed by atoms with van der Waals surface area (Å²) in [5.74, 6) is -0.0932. The van der Waals surface area contributed by atoms with Crippen molar-refractivity contribution in [2.45, 2.75) is 13.3 Å². The summed E-state index contributed by atoms with van der Waals surface area (Å²) in [4.78, 5) is 3.40. The molecule has 0 saturated carbocycles. The van der Waals surface area contributed by atoms with Crippen molar-refractivity contribution in [2.75, 3.05) is 0 Å². The van der Waals surface area contributed by atoms with Gasteiger partial charge < -0.3 is 4.42 Å². The maximum Gasteiger partial charge on any atom is 0.251 e. The van der Waals surface area contributed by atoms with E-state index in [1.54, 1.807) is 0 Å². The van der Waals surface area contributed by atoms with Crippen LogP contribution < -0.4 is 0 Å². The molecule has 0 spiro atoms. The van der Waals surface area contributed by atoms with Gasteiger partial charge in [0.1, 0.15) is 6.26 Å². The molecule has 3 heteroatoms. The van der Waals surface area contributed by atoms with Crippen LogP contribution in [0.5, 0.6) is 0 Å². The molecule has 2 nitrogen and oxygen atoms in total. The maximum absolute atomic E-state index is 11.9. The third-order valence-electron chi connectivity index (χ3n) is 0.826. The number of halogens is 1. The van der Waals surface area contributed by atoms with Crippen LogP contribution in [0.25, 0.3) is 0 Å². The molecule has 44 valence electrons. The highest BCUT2D eigenvalue weighted by molar-refractivity contribution is 4.80. The van der Waals surface area contributed by atoms with Crippen molar-refractivity contribution in [2.24, 2.45) is 0 Å². The average Bonchev–Trinajstić information content (AvgIpc) is 2.14. The van der Waals surface area contributed by atoms with Gasteiger partial charge in [-0.05, 0) is 0 Å². The predicted octanol–water partition coefficient (Wildman–Crippen LogP) is 1.38. The average molecular weight is 115 g/mol. The van der Waals surface area contributed by atoms with Crippen LogP contribution in [0.1, 0.15) is 12.8 Å². The minimum absolute atomic E-state index is 0.447. The van der Waals surface area contributed by atoms with Gasteiger partial charge >= 0.3 is 0 Å². The number of aryl methyl sites for hydroxylation is 1. The first kappa shape index (κ1) is 5.28. The van der Waals surface area contributed by atoms with E-state index in [1.807, 2.05) is 6.92 Å². The molecule has 0 atom stereocenters. The van der Waals surface area contributed by atoms with Crippen molar-refractivity contribution in [3.05, 3.63) is 18.1 Å². The molecule has 0 N–H and O–H groups in total. The lowest BCUT2D eigenvalue weighted by atomic mass is 10.5. The summed E-state index contributed by atoms with van der Waals surface area (Å²) in [6, 6.07) is 0. The SMILES string of the molecule is CCc1nc(F)co1. The molecule has 0 radical (unpaired) electrons. The third-order valence-corrected chi connectivity index (χ3v) is 0.826. The molecule has 8 heavy (non-hydrogen) atoms. The van der Waals surface area contributed by atoms with E-state index in [9.17, 15) is 4.39 Å². The van der Waals surface area contributed by atoms with Crippen molar-refractivity contribution >= 4 is 0 Å². The molecule has 0 saturated heterocycles. The van der Waals surface area contributed by atoms with E-state index in [0.717, 1.165) is 6.26 Å². The fraction of sp³-hybridized carbons (Fsp3) is 0.400. The van der Waals surface area contributed by atoms with Crippen LogP contribution in [0.4, 0.5) is 4.39 Å². The Labute approximate surface area is 46.3 Å². The fourth-order valence-corrected chi connectivity index (χ4v) is 0.451. The largest absolute Gasteiger partial charge is 0.446 e. The van der Waals surface area contributed by atoms with Crippen LogP contribution in [-0.2, 0) is 6.42 Å². The maximum atomic E-state index is 11.9. The van der Waals surface area contributed by atoms with Gasteiger partial charge in [-0.3, -0.25) is 0 Å². The van der Waals surface area contributed by atoms with Gasteiger partial charge in [-0.1, -0.05) is 6.92 Å². The minimum atomic E-state index is -0.540. The highest BCUT2D eigenvalue weighted by Crippen LogP contribution is 1.98. The van der Waals surface area contributed by atoms with Gasteiger partial charge in [0.2, 0.25) is 0 Å². The molecule has 0 aliphatic rings. The van der Waals surface area contributed by atoms with Crippen LogP contribution >= 0.6 is 0 Å². The quantitative estimate of drug-likeness (QED) is 0.552. The molecule has 0 aromatic carbocycles. The van der Waals surface area contributed by atoms with Crippen molar-refractivity contribution in [1.29, 1.82) is 0 Å². The zero-order valence-corrected chi connectivity index (χ0v) is 4.52. The minimum Gasteiger partial charge on any atom is -0.446 e. The summed E-state index contributed by atoms with van der Waals surface area (Å²) < 4.78 is 16.5. The molecule has 0 bridgehead atoms. The summed E-state index contributed by atoms with van der Waals surface area (Å²) in [5.41, 5.74) is 0. The highest BCUT2D eigenvalue weighted by atomic mass is 19.1. The Bertz CT molecular complexity index is 173. The van der Waals surface area contributed by atoms with Gasteiger partial charge in [0.15, 0.2) is 5.89 Å². The van der Waals surface area contributed by atoms with Crippen molar-refractivity contribution in [3.63, 3.8) is 0 Å². The second-order valence-corrected chi connectivity index (χ2v) is 1.42. The second kappa shape index (κ2) is 1.94. The molecule has 1 rings (SSSR count).